The molecule has 0 spiro atoms. The van der Waals surface area contributed by atoms with E-state index in [4.69, 9.17) is 4.99 Å². The molecule has 0 aliphatic carbocycles. The minimum absolute atomic E-state index is 0.587. The van der Waals surface area contributed by atoms with E-state index in [1.54, 1.807) is 0 Å². The molecule has 0 amide bonds. The smallest absolute Gasteiger partial charge is 0.265 e. The Morgan fingerprint density at radius 1 is 1.11 bits per heavy atom. The van der Waals surface area contributed by atoms with Crippen molar-refractivity contribution < 1.29 is 4.74 Å². The summed E-state index contributed by atoms with van der Waals surface area (Å²) in [6, 6.07) is 9.98. The molecule has 1 aromatic rings. The second kappa shape index (κ2) is 4.92. The normalized spacial score (nSPS) is 18.1. The molecular weight excluding hydrogens is 224 g/mol. The van der Waals surface area contributed by atoms with Crippen LogP contribution in [0.25, 0.3) is 0 Å². The van der Waals surface area contributed by atoms with Crippen molar-refractivity contribution >= 4 is 11.4 Å². The number of benzene rings is 1. The molecule has 0 saturated carbocycles. The maximum absolute atomic E-state index is 12.5. The van der Waals surface area contributed by atoms with E-state index in [1.807, 2.05) is 51.1 Å². The van der Waals surface area contributed by atoms with Gasteiger partial charge in [0.1, 0.15) is 5.71 Å². The summed E-state index contributed by atoms with van der Waals surface area (Å²) < 4.78 is 1.13. The fraction of sp³-hybridized carbons (Fsp3) is 0.467. The van der Waals surface area contributed by atoms with Gasteiger partial charge in [0.15, 0.2) is 0 Å². The van der Waals surface area contributed by atoms with Crippen LogP contribution in [-0.2, 0) is 0 Å². The van der Waals surface area contributed by atoms with Gasteiger partial charge in [0, 0.05) is 24.8 Å². The summed E-state index contributed by atoms with van der Waals surface area (Å²) in [5, 5.41) is 12.5. The molecule has 0 bridgehead atoms. The molecule has 3 nitrogen and oxygen atoms in total. The largest absolute Gasteiger partial charge is 0.622 e. The van der Waals surface area contributed by atoms with Crippen LogP contribution in [-0.4, -0.2) is 21.8 Å². The maximum atomic E-state index is 12.5. The van der Waals surface area contributed by atoms with Gasteiger partial charge in [-0.05, 0) is 0 Å². The molecule has 0 N–H and O–H groups in total. The first-order valence-electron chi connectivity index (χ1n) is 6.67. The summed E-state index contributed by atoms with van der Waals surface area (Å²) in [4.78, 5) is 4.75. The molecule has 0 radical (unpaired) electrons. The fourth-order valence-corrected chi connectivity index (χ4v) is 2.50. The lowest BCUT2D eigenvalue weighted by Crippen LogP contribution is -2.35. The highest BCUT2D eigenvalue weighted by Gasteiger charge is 2.43. The Hall–Kier alpha value is -1.64. The van der Waals surface area contributed by atoms with Crippen molar-refractivity contribution in [3.8, 4) is 0 Å². The van der Waals surface area contributed by atoms with Crippen LogP contribution >= 0.6 is 0 Å². The van der Waals surface area contributed by atoms with Gasteiger partial charge in [-0.15, -0.1) is 0 Å². The van der Waals surface area contributed by atoms with Crippen LogP contribution in [0.1, 0.15) is 45.6 Å². The Morgan fingerprint density at radius 3 is 2.22 bits per heavy atom. The van der Waals surface area contributed by atoms with E-state index in [9.17, 15) is 5.21 Å². The monoisotopic (exact) mass is 244 g/mol. The van der Waals surface area contributed by atoms with Gasteiger partial charge in [0.25, 0.3) is 5.66 Å². The van der Waals surface area contributed by atoms with E-state index in [0.29, 0.717) is 0 Å². The Labute approximate surface area is 108 Å². The van der Waals surface area contributed by atoms with Crippen LogP contribution in [0.5, 0.6) is 0 Å². The molecule has 1 aliphatic rings. The van der Waals surface area contributed by atoms with Gasteiger partial charge in [-0.3, -0.25) is 0 Å². The number of hydrogen-bond acceptors (Lipinski definition) is 2. The molecular formula is C15H20N2O. The topological polar surface area (TPSA) is 38.4 Å². The minimum Gasteiger partial charge on any atom is -0.622 e. The zero-order valence-electron chi connectivity index (χ0n) is 11.3. The number of hydrogen-bond donors (Lipinski definition) is 0. The van der Waals surface area contributed by atoms with Gasteiger partial charge in [0.05, 0.1) is 0 Å². The van der Waals surface area contributed by atoms with Crippen LogP contribution < -0.4 is 0 Å². The van der Waals surface area contributed by atoms with Crippen molar-refractivity contribution in [1.29, 1.82) is 0 Å². The SMILES string of the molecule is CCC1=[N+]([O-])C(CC)(CC)N=C1c1ccccc1. The van der Waals surface area contributed by atoms with E-state index in [2.05, 4.69) is 0 Å². The number of aliphatic imine (C=N–C) groups is 1. The summed E-state index contributed by atoms with van der Waals surface area (Å²) in [7, 11) is 0. The summed E-state index contributed by atoms with van der Waals surface area (Å²) >= 11 is 0. The third kappa shape index (κ3) is 1.84. The van der Waals surface area contributed by atoms with Crippen molar-refractivity contribution in [3.05, 3.63) is 41.1 Å². The van der Waals surface area contributed by atoms with Crippen LogP contribution in [0.4, 0.5) is 0 Å². The molecule has 2 rings (SSSR count). The van der Waals surface area contributed by atoms with Gasteiger partial charge in [-0.2, -0.15) is 4.74 Å². The average Bonchev–Trinajstić information content (AvgIpc) is 2.73. The van der Waals surface area contributed by atoms with E-state index < -0.39 is 5.66 Å². The third-order valence-corrected chi connectivity index (χ3v) is 3.73. The first kappa shape index (κ1) is 12.8. The first-order chi connectivity index (χ1) is 8.68. The second-order valence-electron chi connectivity index (χ2n) is 4.61. The quantitative estimate of drug-likeness (QED) is 0.591. The zero-order valence-corrected chi connectivity index (χ0v) is 11.3. The maximum Gasteiger partial charge on any atom is 0.265 e. The van der Waals surface area contributed by atoms with Gasteiger partial charge >= 0.3 is 0 Å². The molecule has 0 atom stereocenters. The van der Waals surface area contributed by atoms with Gasteiger partial charge in [-0.25, -0.2) is 4.99 Å². The predicted molar refractivity (Wildman–Crippen MR) is 75.2 cm³/mol. The summed E-state index contributed by atoms with van der Waals surface area (Å²) in [6.07, 6.45) is 2.21. The van der Waals surface area contributed by atoms with Crippen LogP contribution in [0.15, 0.2) is 35.3 Å². The Morgan fingerprint density at radius 2 is 1.72 bits per heavy atom. The highest BCUT2D eigenvalue weighted by molar-refractivity contribution is 6.47. The van der Waals surface area contributed by atoms with Gasteiger partial charge in [-0.1, -0.05) is 51.1 Å². The minimum atomic E-state index is -0.587. The van der Waals surface area contributed by atoms with E-state index in [0.717, 1.165) is 41.0 Å². The van der Waals surface area contributed by atoms with E-state index in [1.165, 1.54) is 0 Å². The summed E-state index contributed by atoms with van der Waals surface area (Å²) in [5.41, 5.74) is 2.14. The molecule has 1 aliphatic heterocycles. The lowest BCUT2D eigenvalue weighted by molar-refractivity contribution is -0.545. The molecule has 1 heterocycles. The summed E-state index contributed by atoms with van der Waals surface area (Å²) in [6.45, 7) is 6.07. The molecule has 0 unspecified atom stereocenters. The molecule has 1 aromatic carbocycles. The standard InChI is InChI=1S/C15H20N2O/c1-4-13-14(12-10-8-7-9-11-12)16-15(5-2,6-3)17(13)18/h7-11H,4-6H2,1-3H3. The lowest BCUT2D eigenvalue weighted by Gasteiger charge is -2.22. The molecule has 0 fully saturated rings. The van der Waals surface area contributed by atoms with E-state index >= 15 is 0 Å². The van der Waals surface area contributed by atoms with Crippen molar-refractivity contribution in [2.24, 2.45) is 4.99 Å². The number of nitrogens with zero attached hydrogens (tertiary/aromatic N) is 2. The Kier molecular flexibility index (Phi) is 3.50. The number of rotatable bonds is 4. The third-order valence-electron chi connectivity index (χ3n) is 3.73. The van der Waals surface area contributed by atoms with Gasteiger partial charge < -0.3 is 5.21 Å². The predicted octanol–water partition coefficient (Wildman–Crippen LogP) is 3.37. The first-order valence-corrected chi connectivity index (χ1v) is 6.67. The summed E-state index contributed by atoms with van der Waals surface area (Å²) in [5.74, 6) is 0. The second-order valence-corrected chi connectivity index (χ2v) is 4.61. The van der Waals surface area contributed by atoms with Gasteiger partial charge in [0.2, 0.25) is 5.71 Å². The molecule has 18 heavy (non-hydrogen) atoms. The highest BCUT2D eigenvalue weighted by atomic mass is 16.5. The fourth-order valence-electron chi connectivity index (χ4n) is 2.50. The number of hydroxylamine groups is 1. The molecule has 3 heteroatoms. The molecule has 0 saturated heterocycles. The van der Waals surface area contributed by atoms with Crippen molar-refractivity contribution in [2.75, 3.05) is 0 Å². The van der Waals surface area contributed by atoms with Crippen molar-refractivity contribution in [1.82, 2.24) is 0 Å². The van der Waals surface area contributed by atoms with Crippen LogP contribution in [0.2, 0.25) is 0 Å². The van der Waals surface area contributed by atoms with E-state index in [-0.39, 0.29) is 0 Å². The van der Waals surface area contributed by atoms with Crippen molar-refractivity contribution in [2.45, 2.75) is 45.7 Å². The van der Waals surface area contributed by atoms with Crippen LogP contribution in [0.3, 0.4) is 0 Å². The average molecular weight is 244 g/mol. The van der Waals surface area contributed by atoms with Crippen molar-refractivity contribution in [3.63, 3.8) is 0 Å². The van der Waals surface area contributed by atoms with Crippen LogP contribution in [0, 0.1) is 5.21 Å². The Bertz CT molecular complexity index is 484. The highest BCUT2D eigenvalue weighted by Crippen LogP contribution is 2.29. The molecule has 0 aromatic heterocycles. The lowest BCUT2D eigenvalue weighted by atomic mass is 10.0. The Balaban J connectivity index is 2.55. The zero-order chi connectivity index (χ0) is 13.2. The molecule has 96 valence electrons.